The average Bonchev–Trinajstić information content (AvgIpc) is 2.97. The van der Waals surface area contributed by atoms with Gasteiger partial charge in [0.05, 0.1) is 31.2 Å². The predicted octanol–water partition coefficient (Wildman–Crippen LogP) is -1.80. The molecule has 47 heavy (non-hydrogen) atoms. The second-order valence-corrected chi connectivity index (χ2v) is 10.8. The molecule has 2 aliphatic heterocycles. The van der Waals surface area contributed by atoms with Crippen LogP contribution in [0.2, 0.25) is 0 Å². The molecule has 0 aromatic rings. The fraction of sp³-hybridized carbons (Fsp3) is 0.647. The first-order valence-electron chi connectivity index (χ1n) is 14.2. The third-order valence-electron chi connectivity index (χ3n) is 7.45. The average molecular weight is 650 g/mol. The van der Waals surface area contributed by atoms with Crippen LogP contribution in [-0.2, 0) is 23.7 Å². The molecule has 2 heterocycles. The van der Waals surface area contributed by atoms with Crippen molar-refractivity contribution >= 4 is 16.8 Å². The second kappa shape index (κ2) is 31.2. The zero-order chi connectivity index (χ0) is 32.6. The quantitative estimate of drug-likeness (QED) is 0.143. The van der Waals surface area contributed by atoms with Gasteiger partial charge in [0.1, 0.15) is 24.4 Å². The number of methoxy groups -OCH3 is 3. The SMILES string of the molecule is C.C=C[C@H](OC)C1OC(O)C(C)=C[C@H]1C.C=C[C@H](OC)C1OC=C(C)C(O)[C@H]1C.C=C[C@H](OC)[C@@H](O)[C@H](C)/C=C(/C)CO.[B].[B].[H-].[H-].[Li+].[Li+]. The Bertz CT molecular complexity index is 918. The fourth-order valence-corrected chi connectivity index (χ4v) is 4.70. The minimum atomic E-state index is -0.811. The zero-order valence-corrected chi connectivity index (χ0v) is 30.1. The summed E-state index contributed by atoms with van der Waals surface area (Å²) in [6.07, 6.45) is 7.49. The van der Waals surface area contributed by atoms with Crippen molar-refractivity contribution in [3.05, 3.63) is 73.1 Å². The van der Waals surface area contributed by atoms with Crippen LogP contribution >= 0.6 is 0 Å². The normalized spacial score (nSPS) is 26.2. The molecule has 6 radical (unpaired) electrons. The molecule has 0 amide bonds. The van der Waals surface area contributed by atoms with Gasteiger partial charge in [-0.15, -0.1) is 19.7 Å². The molecule has 0 bridgehead atoms. The van der Waals surface area contributed by atoms with Crippen molar-refractivity contribution in [1.29, 1.82) is 0 Å². The molecule has 2 rings (SSSR count). The van der Waals surface area contributed by atoms with Crippen molar-refractivity contribution < 1.29 is 84.7 Å². The van der Waals surface area contributed by atoms with E-state index in [9.17, 15) is 15.3 Å². The fourth-order valence-electron chi connectivity index (χ4n) is 4.70. The van der Waals surface area contributed by atoms with Gasteiger partial charge in [-0.05, 0) is 31.9 Å². The largest absolute Gasteiger partial charge is 1.00 e. The number of hydrogen-bond donors (Lipinski definition) is 4. The summed E-state index contributed by atoms with van der Waals surface area (Å²) in [6, 6.07) is 0. The van der Waals surface area contributed by atoms with E-state index in [0.29, 0.717) is 0 Å². The molecule has 0 fully saturated rings. The summed E-state index contributed by atoms with van der Waals surface area (Å²) in [6.45, 7) is 22.3. The summed E-state index contributed by atoms with van der Waals surface area (Å²) < 4.78 is 26.4. The van der Waals surface area contributed by atoms with E-state index < -0.39 is 18.5 Å². The molecule has 0 aliphatic carbocycles. The molecule has 9 nitrogen and oxygen atoms in total. The summed E-state index contributed by atoms with van der Waals surface area (Å²) in [5.41, 5.74) is 2.55. The monoisotopic (exact) mass is 650 g/mol. The number of rotatable bonds is 12. The van der Waals surface area contributed by atoms with Crippen molar-refractivity contribution in [3.8, 4) is 0 Å². The van der Waals surface area contributed by atoms with Crippen LogP contribution in [0.25, 0.3) is 0 Å². The Kier molecular flexibility index (Phi) is 38.9. The van der Waals surface area contributed by atoms with Crippen molar-refractivity contribution in [2.24, 2.45) is 17.8 Å². The van der Waals surface area contributed by atoms with Crippen LogP contribution in [0.4, 0.5) is 0 Å². The van der Waals surface area contributed by atoms with Crippen LogP contribution in [0, 0.1) is 17.8 Å². The summed E-state index contributed by atoms with van der Waals surface area (Å²) in [7, 11) is 4.75. The molecule has 0 saturated carbocycles. The summed E-state index contributed by atoms with van der Waals surface area (Å²) >= 11 is 0. The van der Waals surface area contributed by atoms with Gasteiger partial charge < -0.3 is 47.0 Å². The molecule has 260 valence electrons. The van der Waals surface area contributed by atoms with Gasteiger partial charge in [0, 0.05) is 55.9 Å². The molecule has 0 spiro atoms. The van der Waals surface area contributed by atoms with E-state index >= 15 is 0 Å². The van der Waals surface area contributed by atoms with Crippen molar-refractivity contribution in [2.45, 2.75) is 98.0 Å². The Morgan fingerprint density at radius 3 is 1.83 bits per heavy atom. The standard InChI is InChI=1S/2C11H18O3.C11H20O3.CH4.2B.2Li.2H/c1-5-9(13-4)11-8(3)10(12)7(2)6-14-11;1-5-9(13-4)10-7(2)6-8(3)11(12)14-10;1-5-10(14-4)11(13)9(3)6-8(2)7-12;;;;;;;/h5-6,8-12H,1H2,2-4H3;5-7,9-12H,1H2,2-4H3;5-6,9-13H,1,7H2,2-4H3;1H4;;;;;;/q;;;;;;2*+1;2*-1/b;;8-6-;;;;;;;/t8-,9+,10?,11?;7-,9+,10?,11?;9-,10+,11+;;;;;;;/m111......./s1. The van der Waals surface area contributed by atoms with E-state index in [1.165, 1.54) is 7.11 Å². The molecule has 0 saturated heterocycles. The van der Waals surface area contributed by atoms with Crippen LogP contribution in [0.15, 0.2) is 73.1 Å². The maximum atomic E-state index is 9.82. The molecular weight excluding hydrogens is 588 g/mol. The van der Waals surface area contributed by atoms with Crippen LogP contribution in [0.1, 0.15) is 51.8 Å². The Balaban J connectivity index is -0.0000000800. The van der Waals surface area contributed by atoms with Crippen molar-refractivity contribution in [3.63, 3.8) is 0 Å². The van der Waals surface area contributed by atoms with Gasteiger partial charge in [0.2, 0.25) is 0 Å². The predicted molar refractivity (Wildman–Crippen MR) is 187 cm³/mol. The van der Waals surface area contributed by atoms with Gasteiger partial charge >= 0.3 is 37.7 Å². The maximum Gasteiger partial charge on any atom is 1.00 e. The third kappa shape index (κ3) is 19.3. The molecule has 11 atom stereocenters. The number of ether oxygens (including phenoxy) is 5. The Morgan fingerprint density at radius 1 is 0.936 bits per heavy atom. The second-order valence-electron chi connectivity index (χ2n) is 10.8. The Hall–Kier alpha value is -0.755. The first-order valence-corrected chi connectivity index (χ1v) is 14.2. The van der Waals surface area contributed by atoms with Crippen molar-refractivity contribution in [2.75, 3.05) is 27.9 Å². The molecule has 0 aromatic heterocycles. The molecule has 0 aromatic carbocycles. The number of aliphatic hydroxyl groups is 4. The number of aliphatic hydroxyl groups excluding tert-OH is 4. The molecule has 13 heteroatoms. The summed E-state index contributed by atoms with van der Waals surface area (Å²) in [4.78, 5) is 0. The first-order chi connectivity index (χ1) is 19.8. The van der Waals surface area contributed by atoms with Crippen LogP contribution < -0.4 is 37.7 Å². The molecular formula is C34H62B2Li2O9. The van der Waals surface area contributed by atoms with Crippen molar-refractivity contribution in [1.82, 2.24) is 0 Å². The summed E-state index contributed by atoms with van der Waals surface area (Å²) in [5, 5.41) is 38.0. The summed E-state index contributed by atoms with van der Waals surface area (Å²) in [5.74, 6) is 0.175. The first kappa shape index (κ1) is 58.4. The Labute approximate surface area is 317 Å². The van der Waals surface area contributed by atoms with Gasteiger partial charge in [0.15, 0.2) is 6.29 Å². The van der Waals surface area contributed by atoms with Gasteiger partial charge in [-0.1, -0.05) is 64.2 Å². The van der Waals surface area contributed by atoms with Gasteiger partial charge in [-0.2, -0.15) is 0 Å². The van der Waals surface area contributed by atoms with E-state index in [2.05, 4.69) is 19.7 Å². The van der Waals surface area contributed by atoms with Crippen LogP contribution in [0.3, 0.4) is 0 Å². The smallest absolute Gasteiger partial charge is 1.00 e. The maximum absolute atomic E-state index is 9.82. The van der Waals surface area contributed by atoms with Gasteiger partial charge in [-0.3, -0.25) is 0 Å². The molecule has 2 aliphatic rings. The van der Waals surface area contributed by atoms with E-state index in [4.69, 9.17) is 28.8 Å². The molecule has 4 N–H and O–H groups in total. The number of hydrogen-bond acceptors (Lipinski definition) is 9. The topological polar surface area (TPSA) is 127 Å². The third-order valence-corrected chi connectivity index (χ3v) is 7.45. The van der Waals surface area contributed by atoms with Gasteiger partial charge in [-0.25, -0.2) is 0 Å². The molecule has 4 unspecified atom stereocenters. The van der Waals surface area contributed by atoms with Gasteiger partial charge in [0.25, 0.3) is 0 Å². The Morgan fingerprint density at radius 2 is 1.43 bits per heavy atom. The van der Waals surface area contributed by atoms with E-state index in [-0.39, 0.29) is 120 Å². The minimum absolute atomic E-state index is 0. The van der Waals surface area contributed by atoms with Crippen LogP contribution in [0.5, 0.6) is 0 Å². The zero-order valence-electron chi connectivity index (χ0n) is 32.1. The van der Waals surface area contributed by atoms with E-state index in [1.54, 1.807) is 38.7 Å². The van der Waals surface area contributed by atoms with E-state index in [1.807, 2.05) is 53.7 Å². The van der Waals surface area contributed by atoms with E-state index in [0.717, 1.165) is 16.7 Å². The van der Waals surface area contributed by atoms with Crippen LogP contribution in [-0.4, -0.2) is 114 Å². The minimum Gasteiger partial charge on any atom is -1.00 e.